The highest BCUT2D eigenvalue weighted by atomic mass is 16.6. The van der Waals surface area contributed by atoms with Gasteiger partial charge in [0.05, 0.1) is 6.33 Å². The molecule has 1 heterocycles. The number of hydrogen-bond acceptors (Lipinski definition) is 4. The molecule has 2 unspecified atom stereocenters. The molecule has 124 valence electrons. The first-order valence-electron chi connectivity index (χ1n) is 8.10. The van der Waals surface area contributed by atoms with Gasteiger partial charge in [-0.15, -0.1) is 0 Å². The number of aromatic nitrogens is 2. The quantitative estimate of drug-likeness (QED) is 0.845. The lowest BCUT2D eigenvalue weighted by atomic mass is 10.0. The van der Waals surface area contributed by atoms with E-state index in [-0.39, 0.29) is 6.09 Å². The van der Waals surface area contributed by atoms with Crippen LogP contribution in [0.3, 0.4) is 0 Å². The largest absolute Gasteiger partial charge is 0.444 e. The summed E-state index contributed by atoms with van der Waals surface area (Å²) in [6, 6.07) is 0.471. The zero-order valence-electron chi connectivity index (χ0n) is 13.8. The Labute approximate surface area is 132 Å². The first kappa shape index (κ1) is 16.8. The van der Waals surface area contributed by atoms with Crippen molar-refractivity contribution in [2.24, 2.45) is 5.92 Å². The van der Waals surface area contributed by atoms with E-state index in [1.165, 1.54) is 12.8 Å². The second-order valence-corrected chi connectivity index (χ2v) is 6.93. The predicted molar refractivity (Wildman–Crippen MR) is 85.6 cm³/mol. The lowest BCUT2D eigenvalue weighted by molar-refractivity contribution is 0.0517. The summed E-state index contributed by atoms with van der Waals surface area (Å²) < 4.78 is 7.35. The zero-order valence-corrected chi connectivity index (χ0v) is 13.8. The molecule has 1 aliphatic rings. The molecule has 0 saturated heterocycles. The van der Waals surface area contributed by atoms with Crippen LogP contribution in [0.2, 0.25) is 0 Å². The molecule has 1 amide bonds. The highest BCUT2D eigenvalue weighted by Crippen LogP contribution is 2.25. The van der Waals surface area contributed by atoms with E-state index < -0.39 is 5.60 Å². The van der Waals surface area contributed by atoms with Gasteiger partial charge < -0.3 is 19.9 Å². The third-order valence-electron chi connectivity index (χ3n) is 3.90. The summed E-state index contributed by atoms with van der Waals surface area (Å²) in [6.07, 6.45) is 8.81. The van der Waals surface area contributed by atoms with Gasteiger partial charge in [0.25, 0.3) is 0 Å². The Morgan fingerprint density at radius 1 is 1.41 bits per heavy atom. The normalized spacial score (nSPS) is 21.8. The van der Waals surface area contributed by atoms with Gasteiger partial charge >= 0.3 is 6.09 Å². The molecule has 1 fully saturated rings. The first-order valence-corrected chi connectivity index (χ1v) is 8.10. The summed E-state index contributed by atoms with van der Waals surface area (Å²) in [5.74, 6) is 0.482. The van der Waals surface area contributed by atoms with Gasteiger partial charge in [0.1, 0.15) is 5.60 Å². The molecule has 1 aliphatic carbocycles. The lowest BCUT2D eigenvalue weighted by Gasteiger charge is -2.23. The van der Waals surface area contributed by atoms with Crippen molar-refractivity contribution in [3.63, 3.8) is 0 Å². The molecule has 2 N–H and O–H groups in total. The zero-order chi connectivity index (χ0) is 16.0. The summed E-state index contributed by atoms with van der Waals surface area (Å²) in [4.78, 5) is 15.8. The number of hydrogen-bond donors (Lipinski definition) is 2. The molecule has 0 radical (unpaired) electrons. The number of ether oxygens (including phenoxy) is 1. The van der Waals surface area contributed by atoms with E-state index in [1.807, 2.05) is 33.3 Å². The number of nitrogens with zero attached hydrogens (tertiary/aromatic N) is 2. The Morgan fingerprint density at radius 3 is 2.91 bits per heavy atom. The Bertz CT molecular complexity index is 453. The molecule has 6 nitrogen and oxygen atoms in total. The summed E-state index contributed by atoms with van der Waals surface area (Å²) in [6.45, 7) is 8.15. The maximum absolute atomic E-state index is 11.7. The number of nitrogens with one attached hydrogen (secondary N) is 2. The number of amides is 1. The van der Waals surface area contributed by atoms with Crippen molar-refractivity contribution in [1.82, 2.24) is 20.2 Å². The molecular weight excluding hydrogens is 280 g/mol. The molecule has 6 heteroatoms. The Kier molecular flexibility index (Phi) is 5.83. The summed E-state index contributed by atoms with van der Waals surface area (Å²) >= 11 is 0. The van der Waals surface area contributed by atoms with Gasteiger partial charge in [-0.05, 0) is 39.5 Å². The van der Waals surface area contributed by atoms with E-state index in [1.54, 1.807) is 6.20 Å². The van der Waals surface area contributed by atoms with Crippen LogP contribution in [-0.4, -0.2) is 40.4 Å². The van der Waals surface area contributed by atoms with Crippen molar-refractivity contribution in [2.45, 2.75) is 58.2 Å². The van der Waals surface area contributed by atoms with Crippen LogP contribution in [-0.2, 0) is 11.3 Å². The van der Waals surface area contributed by atoms with Gasteiger partial charge in [-0.1, -0.05) is 6.42 Å². The van der Waals surface area contributed by atoms with Crippen molar-refractivity contribution in [3.05, 3.63) is 18.7 Å². The van der Waals surface area contributed by atoms with Crippen molar-refractivity contribution in [2.75, 3.05) is 13.1 Å². The van der Waals surface area contributed by atoms with Crippen molar-refractivity contribution in [1.29, 1.82) is 0 Å². The third kappa shape index (κ3) is 5.67. The van der Waals surface area contributed by atoms with E-state index in [4.69, 9.17) is 4.74 Å². The Balaban J connectivity index is 1.68. The van der Waals surface area contributed by atoms with Crippen LogP contribution in [0, 0.1) is 5.92 Å². The molecule has 1 aromatic heterocycles. The molecule has 0 aromatic carbocycles. The van der Waals surface area contributed by atoms with Crippen molar-refractivity contribution >= 4 is 6.09 Å². The Hall–Kier alpha value is -1.56. The van der Waals surface area contributed by atoms with Crippen molar-refractivity contribution in [3.8, 4) is 0 Å². The summed E-state index contributed by atoms with van der Waals surface area (Å²) in [5, 5.41) is 6.50. The summed E-state index contributed by atoms with van der Waals surface area (Å²) in [5.41, 5.74) is -0.442. The highest BCUT2D eigenvalue weighted by molar-refractivity contribution is 5.67. The molecule has 22 heavy (non-hydrogen) atoms. The molecule has 1 aromatic rings. The fourth-order valence-corrected chi connectivity index (χ4v) is 2.88. The summed E-state index contributed by atoms with van der Waals surface area (Å²) in [7, 11) is 0. The van der Waals surface area contributed by atoms with Gasteiger partial charge in [0, 0.05) is 38.1 Å². The minimum absolute atomic E-state index is 0.323. The van der Waals surface area contributed by atoms with Gasteiger partial charge in [0.2, 0.25) is 0 Å². The minimum atomic E-state index is -0.442. The van der Waals surface area contributed by atoms with Crippen LogP contribution in [0.4, 0.5) is 4.79 Å². The van der Waals surface area contributed by atoms with Gasteiger partial charge in [-0.3, -0.25) is 0 Å². The number of carbonyl (C=O) groups is 1. The maximum Gasteiger partial charge on any atom is 0.407 e. The van der Waals surface area contributed by atoms with Gasteiger partial charge in [0.15, 0.2) is 0 Å². The maximum atomic E-state index is 11.7. The molecule has 1 saturated carbocycles. The SMILES string of the molecule is CC(C)(C)OC(=O)NCC1CCCC1NCCn1ccnc1. The van der Waals surface area contributed by atoms with E-state index in [0.29, 0.717) is 18.5 Å². The molecule has 2 rings (SSSR count). The second-order valence-electron chi connectivity index (χ2n) is 6.93. The molecular formula is C16H28N4O2. The van der Waals surface area contributed by atoms with E-state index in [0.717, 1.165) is 19.5 Å². The monoisotopic (exact) mass is 308 g/mol. The highest BCUT2D eigenvalue weighted by Gasteiger charge is 2.27. The Morgan fingerprint density at radius 2 is 2.23 bits per heavy atom. The first-order chi connectivity index (χ1) is 10.4. The van der Waals surface area contributed by atoms with E-state index >= 15 is 0 Å². The number of imidazole rings is 1. The molecule has 0 aliphatic heterocycles. The number of alkyl carbamates (subject to hydrolysis) is 1. The van der Waals surface area contributed by atoms with Gasteiger partial charge in [-0.25, -0.2) is 9.78 Å². The van der Waals surface area contributed by atoms with Crippen molar-refractivity contribution < 1.29 is 9.53 Å². The van der Waals surface area contributed by atoms with E-state index in [9.17, 15) is 4.79 Å². The minimum Gasteiger partial charge on any atom is -0.444 e. The lowest BCUT2D eigenvalue weighted by Crippen LogP contribution is -2.41. The fraction of sp³-hybridized carbons (Fsp3) is 0.750. The molecule has 0 spiro atoms. The van der Waals surface area contributed by atoms with E-state index in [2.05, 4.69) is 20.2 Å². The van der Waals surface area contributed by atoms with Gasteiger partial charge in [-0.2, -0.15) is 0 Å². The van der Waals surface area contributed by atoms with Crippen LogP contribution in [0.5, 0.6) is 0 Å². The topological polar surface area (TPSA) is 68.2 Å². The third-order valence-corrected chi connectivity index (χ3v) is 3.90. The fourth-order valence-electron chi connectivity index (χ4n) is 2.88. The average molecular weight is 308 g/mol. The predicted octanol–water partition coefficient (Wildman–Crippen LogP) is 2.17. The smallest absolute Gasteiger partial charge is 0.407 e. The average Bonchev–Trinajstić information content (AvgIpc) is 3.06. The molecule has 2 atom stereocenters. The number of carbonyl (C=O) groups excluding carboxylic acids is 1. The van der Waals surface area contributed by atoms with Crippen LogP contribution in [0.1, 0.15) is 40.0 Å². The van der Waals surface area contributed by atoms with Crippen LogP contribution >= 0.6 is 0 Å². The van der Waals surface area contributed by atoms with Crippen LogP contribution in [0.15, 0.2) is 18.7 Å². The standard InChI is InChI=1S/C16H28N4O2/c1-16(2,3)22-15(21)19-11-13-5-4-6-14(13)18-8-10-20-9-7-17-12-20/h7,9,12-14,18H,4-6,8,10-11H2,1-3H3,(H,19,21). The van der Waals surface area contributed by atoms with Crippen LogP contribution < -0.4 is 10.6 Å². The van der Waals surface area contributed by atoms with Crippen LogP contribution in [0.25, 0.3) is 0 Å². The number of rotatable bonds is 6. The molecule has 0 bridgehead atoms. The second kappa shape index (κ2) is 7.63.